The predicted molar refractivity (Wildman–Crippen MR) is 97.1 cm³/mol. The first-order chi connectivity index (χ1) is 10.9. The number of rotatable bonds is 10. The molecule has 0 spiro atoms. The van der Waals surface area contributed by atoms with Crippen LogP contribution in [0.5, 0.6) is 5.75 Å². The quantitative estimate of drug-likeness (QED) is 0.340. The van der Waals surface area contributed by atoms with Crippen LogP contribution in [0.3, 0.4) is 0 Å². The van der Waals surface area contributed by atoms with Crippen molar-refractivity contribution in [1.82, 2.24) is 5.32 Å². The Balaban J connectivity index is 2.18. The summed E-state index contributed by atoms with van der Waals surface area (Å²) in [6.45, 7) is 0.274. The number of carbonyl (C=O) groups excluding carboxylic acids is 1. The van der Waals surface area contributed by atoms with Crippen molar-refractivity contribution in [3.05, 3.63) is 27.2 Å². The third-order valence-electron chi connectivity index (χ3n) is 2.32. The summed E-state index contributed by atoms with van der Waals surface area (Å²) in [5, 5.41) is 12.0. The van der Waals surface area contributed by atoms with E-state index in [2.05, 4.69) is 5.32 Å². The van der Waals surface area contributed by atoms with E-state index >= 15 is 0 Å². The summed E-state index contributed by atoms with van der Waals surface area (Å²) in [6, 6.07) is 2.90. The molecule has 1 aromatic rings. The van der Waals surface area contributed by atoms with E-state index in [0.29, 0.717) is 28.1 Å². The molecule has 2 N–H and O–H groups in total. The summed E-state index contributed by atoms with van der Waals surface area (Å²) >= 11 is 17.6. The minimum atomic E-state index is -0.815. The number of carboxylic acid groups (broad SMARTS) is 1. The van der Waals surface area contributed by atoms with Gasteiger partial charge in [-0.25, -0.2) is 0 Å². The molecule has 0 unspecified atom stereocenters. The first-order valence-corrected chi connectivity index (χ1v) is 10.0. The lowest BCUT2D eigenvalue weighted by Gasteiger charge is -2.09. The van der Waals surface area contributed by atoms with E-state index in [1.54, 1.807) is 0 Å². The highest BCUT2D eigenvalue weighted by Crippen LogP contribution is 2.33. The zero-order chi connectivity index (χ0) is 17.2. The highest BCUT2D eigenvalue weighted by molar-refractivity contribution is 8.76. The number of carboxylic acids is 1. The van der Waals surface area contributed by atoms with E-state index in [0.717, 1.165) is 0 Å². The molecule has 1 amide bonds. The van der Waals surface area contributed by atoms with Crippen LogP contribution in [-0.2, 0) is 9.59 Å². The molecule has 0 heterocycles. The van der Waals surface area contributed by atoms with Gasteiger partial charge in [-0.2, -0.15) is 0 Å². The fourth-order valence-corrected chi connectivity index (χ4v) is 3.77. The fourth-order valence-electron chi connectivity index (χ4n) is 1.29. The van der Waals surface area contributed by atoms with Crippen LogP contribution in [-0.4, -0.2) is 41.6 Å². The third-order valence-corrected chi connectivity index (χ3v) is 5.75. The van der Waals surface area contributed by atoms with Crippen molar-refractivity contribution in [3.63, 3.8) is 0 Å². The smallest absolute Gasteiger partial charge is 0.304 e. The van der Waals surface area contributed by atoms with Crippen LogP contribution in [0.4, 0.5) is 0 Å². The third kappa shape index (κ3) is 8.81. The highest BCUT2D eigenvalue weighted by Gasteiger charge is 2.09. The number of halogens is 3. The molecule has 0 bridgehead atoms. The Kier molecular flexibility index (Phi) is 9.97. The minimum Gasteiger partial charge on any atom is -0.482 e. The van der Waals surface area contributed by atoms with Gasteiger partial charge < -0.3 is 15.2 Å². The van der Waals surface area contributed by atoms with Crippen molar-refractivity contribution in [1.29, 1.82) is 0 Å². The van der Waals surface area contributed by atoms with Gasteiger partial charge in [0.05, 0.1) is 21.5 Å². The van der Waals surface area contributed by atoms with Crippen LogP contribution in [0.2, 0.25) is 15.1 Å². The number of benzene rings is 1. The zero-order valence-corrected chi connectivity index (χ0v) is 15.7. The maximum atomic E-state index is 11.6. The molecule has 0 saturated carbocycles. The Morgan fingerprint density at radius 1 is 1.09 bits per heavy atom. The monoisotopic (exact) mass is 417 g/mol. The van der Waals surface area contributed by atoms with E-state index < -0.39 is 5.97 Å². The fraction of sp³-hybridized carbons (Fsp3) is 0.385. The van der Waals surface area contributed by atoms with Crippen LogP contribution in [0.15, 0.2) is 12.1 Å². The maximum absolute atomic E-state index is 11.6. The van der Waals surface area contributed by atoms with Crippen LogP contribution < -0.4 is 10.1 Å². The lowest BCUT2D eigenvalue weighted by molar-refractivity contribution is -0.136. The molecule has 0 aliphatic heterocycles. The first kappa shape index (κ1) is 20.6. The van der Waals surface area contributed by atoms with Gasteiger partial charge in [-0.05, 0) is 6.07 Å². The van der Waals surface area contributed by atoms with Gasteiger partial charge in [-0.1, -0.05) is 56.4 Å². The maximum Gasteiger partial charge on any atom is 0.304 e. The van der Waals surface area contributed by atoms with E-state index in [9.17, 15) is 9.59 Å². The largest absolute Gasteiger partial charge is 0.482 e. The van der Waals surface area contributed by atoms with Crippen LogP contribution in [0.1, 0.15) is 6.42 Å². The average molecular weight is 419 g/mol. The van der Waals surface area contributed by atoms with E-state index in [1.165, 1.54) is 33.7 Å². The SMILES string of the molecule is O=C(O)CCSSCCNC(=O)COc1cc(Cl)c(Cl)cc1Cl. The van der Waals surface area contributed by atoms with E-state index in [4.69, 9.17) is 44.6 Å². The van der Waals surface area contributed by atoms with Crippen molar-refractivity contribution in [2.75, 3.05) is 24.7 Å². The Bertz CT molecular complexity index is 560. The molecule has 1 rings (SSSR count). The minimum absolute atomic E-state index is 0.127. The first-order valence-electron chi connectivity index (χ1n) is 6.40. The molecular weight excluding hydrogens is 405 g/mol. The van der Waals surface area contributed by atoms with Crippen LogP contribution in [0.25, 0.3) is 0 Å². The number of ether oxygens (including phenoxy) is 1. The Morgan fingerprint density at radius 2 is 1.74 bits per heavy atom. The molecule has 0 aliphatic rings. The van der Waals surface area contributed by atoms with Crippen molar-refractivity contribution in [3.8, 4) is 5.75 Å². The molecule has 1 aromatic carbocycles. The lowest BCUT2D eigenvalue weighted by atomic mass is 10.3. The van der Waals surface area contributed by atoms with Gasteiger partial charge in [0.15, 0.2) is 6.61 Å². The van der Waals surface area contributed by atoms with Gasteiger partial charge in [0.25, 0.3) is 5.91 Å². The molecule has 0 aromatic heterocycles. The van der Waals surface area contributed by atoms with Crippen LogP contribution >= 0.6 is 56.4 Å². The summed E-state index contributed by atoms with van der Waals surface area (Å²) in [4.78, 5) is 21.9. The zero-order valence-electron chi connectivity index (χ0n) is 11.8. The predicted octanol–water partition coefficient (Wildman–Crippen LogP) is 4.00. The average Bonchev–Trinajstić information content (AvgIpc) is 2.48. The molecular formula is C13H14Cl3NO4S2. The lowest BCUT2D eigenvalue weighted by Crippen LogP contribution is -2.30. The summed E-state index contributed by atoms with van der Waals surface area (Å²) in [5.41, 5.74) is 0. The summed E-state index contributed by atoms with van der Waals surface area (Å²) in [7, 11) is 2.96. The van der Waals surface area contributed by atoms with Gasteiger partial charge in [0.2, 0.25) is 0 Å². The Hall–Kier alpha value is -0.470. The molecule has 10 heteroatoms. The molecule has 5 nitrogen and oxygen atoms in total. The van der Waals surface area contributed by atoms with Crippen molar-refractivity contribution < 1.29 is 19.4 Å². The summed E-state index contributed by atoms with van der Waals surface area (Å²) < 4.78 is 5.29. The van der Waals surface area contributed by atoms with Gasteiger partial charge in [0, 0.05) is 24.1 Å². The van der Waals surface area contributed by atoms with Crippen LogP contribution in [0, 0.1) is 0 Å². The number of carbonyl (C=O) groups is 2. The number of hydrogen-bond acceptors (Lipinski definition) is 5. The Morgan fingerprint density at radius 3 is 2.43 bits per heavy atom. The number of aliphatic carboxylic acids is 1. The van der Waals surface area contributed by atoms with Crippen molar-refractivity contribution in [2.45, 2.75) is 6.42 Å². The molecule has 0 fully saturated rings. The van der Waals surface area contributed by atoms with Crippen molar-refractivity contribution in [2.24, 2.45) is 0 Å². The number of amides is 1. The molecule has 0 aliphatic carbocycles. The van der Waals surface area contributed by atoms with Crippen molar-refractivity contribution >= 4 is 68.3 Å². The molecule has 128 valence electrons. The van der Waals surface area contributed by atoms with Gasteiger partial charge >= 0.3 is 5.97 Å². The topological polar surface area (TPSA) is 75.6 Å². The van der Waals surface area contributed by atoms with Gasteiger partial charge in [0.1, 0.15) is 5.75 Å². The molecule has 0 radical (unpaired) electrons. The van der Waals surface area contributed by atoms with Gasteiger partial charge in [-0.15, -0.1) is 0 Å². The van der Waals surface area contributed by atoms with Gasteiger partial charge in [-0.3, -0.25) is 9.59 Å². The second kappa shape index (κ2) is 11.1. The Labute approximate surface area is 156 Å². The molecule has 0 atom stereocenters. The summed E-state index contributed by atoms with van der Waals surface area (Å²) in [5.74, 6) is 0.388. The van der Waals surface area contributed by atoms with E-state index in [-0.39, 0.29) is 29.7 Å². The number of hydrogen-bond donors (Lipinski definition) is 2. The normalized spacial score (nSPS) is 10.4. The second-order valence-electron chi connectivity index (χ2n) is 4.12. The highest BCUT2D eigenvalue weighted by atomic mass is 35.5. The summed E-state index contributed by atoms with van der Waals surface area (Å²) in [6.07, 6.45) is 0.127. The standard InChI is InChI=1S/C13H14Cl3NO4S2/c14-8-5-10(16)11(6-9(8)15)21-7-12(18)17-2-4-23-22-3-1-13(19)20/h5-6H,1-4,7H2,(H,17,18)(H,19,20). The molecule has 23 heavy (non-hydrogen) atoms. The second-order valence-corrected chi connectivity index (χ2v) is 8.05. The number of nitrogens with one attached hydrogen (secondary N) is 1. The van der Waals surface area contributed by atoms with E-state index in [1.807, 2.05) is 0 Å². The molecule has 0 saturated heterocycles.